The molecule has 2 aromatic carbocycles. The molecule has 1 N–H and O–H groups in total. The van der Waals surface area contributed by atoms with Gasteiger partial charge in [-0.3, -0.25) is 9.59 Å². The average Bonchev–Trinajstić information content (AvgIpc) is 3.13. The molecule has 0 aliphatic carbocycles. The van der Waals surface area contributed by atoms with Crippen LogP contribution in [0.2, 0.25) is 0 Å². The van der Waals surface area contributed by atoms with Gasteiger partial charge in [0.1, 0.15) is 11.5 Å². The Kier molecular flexibility index (Phi) is 6.19. The van der Waals surface area contributed by atoms with E-state index >= 15 is 0 Å². The molecule has 148 valence electrons. The van der Waals surface area contributed by atoms with Gasteiger partial charge in [-0.2, -0.15) is 0 Å². The third-order valence-electron chi connectivity index (χ3n) is 4.97. The summed E-state index contributed by atoms with van der Waals surface area (Å²) in [5, 5.41) is 3.01. The summed E-state index contributed by atoms with van der Waals surface area (Å²) in [5.74, 6) is 1.49. The highest BCUT2D eigenvalue weighted by atomic mass is 16.5. The Morgan fingerprint density at radius 1 is 1.14 bits per heavy atom. The monoisotopic (exact) mass is 382 g/mol. The predicted molar refractivity (Wildman–Crippen MR) is 108 cm³/mol. The number of methoxy groups -OCH3 is 2. The summed E-state index contributed by atoms with van der Waals surface area (Å²) in [5.41, 5.74) is 2.65. The zero-order valence-electron chi connectivity index (χ0n) is 16.5. The smallest absolute Gasteiger partial charge is 0.227 e. The van der Waals surface area contributed by atoms with Gasteiger partial charge >= 0.3 is 0 Å². The van der Waals surface area contributed by atoms with Crippen molar-refractivity contribution in [3.8, 4) is 11.5 Å². The summed E-state index contributed by atoms with van der Waals surface area (Å²) in [6, 6.07) is 12.9. The van der Waals surface area contributed by atoms with Crippen molar-refractivity contribution in [2.75, 3.05) is 25.7 Å². The molecule has 1 heterocycles. The Balaban J connectivity index is 1.63. The fourth-order valence-electron chi connectivity index (χ4n) is 3.45. The maximum atomic E-state index is 12.5. The minimum Gasteiger partial charge on any atom is -0.497 e. The summed E-state index contributed by atoms with van der Waals surface area (Å²) in [6.07, 6.45) is 1.77. The van der Waals surface area contributed by atoms with E-state index in [1.54, 1.807) is 19.1 Å². The predicted octanol–water partition coefficient (Wildman–Crippen LogP) is 3.25. The van der Waals surface area contributed by atoms with Gasteiger partial charge in [-0.15, -0.1) is 0 Å². The molecule has 1 fully saturated rings. The first-order valence-corrected chi connectivity index (χ1v) is 9.42. The minimum absolute atomic E-state index is 0.0811. The van der Waals surface area contributed by atoms with Gasteiger partial charge in [0.25, 0.3) is 0 Å². The van der Waals surface area contributed by atoms with Gasteiger partial charge in [-0.25, -0.2) is 0 Å². The van der Waals surface area contributed by atoms with Crippen molar-refractivity contribution in [1.29, 1.82) is 0 Å². The van der Waals surface area contributed by atoms with Crippen molar-refractivity contribution in [3.05, 3.63) is 53.6 Å². The van der Waals surface area contributed by atoms with E-state index in [4.69, 9.17) is 9.47 Å². The molecule has 2 amide bonds. The normalized spacial score (nSPS) is 14.7. The molecule has 1 atom stereocenters. The number of amides is 2. The van der Waals surface area contributed by atoms with Gasteiger partial charge < -0.3 is 19.7 Å². The molecular weight excluding hydrogens is 356 g/mol. The maximum absolute atomic E-state index is 12.5. The minimum atomic E-state index is -0.223. The lowest BCUT2D eigenvalue weighted by molar-refractivity contribution is -0.121. The van der Waals surface area contributed by atoms with E-state index in [1.807, 2.05) is 49.4 Å². The van der Waals surface area contributed by atoms with Crippen LogP contribution in [-0.4, -0.2) is 32.6 Å². The molecule has 0 saturated carbocycles. The van der Waals surface area contributed by atoms with E-state index in [0.29, 0.717) is 17.9 Å². The quantitative estimate of drug-likeness (QED) is 0.798. The molecule has 0 aromatic heterocycles. The van der Waals surface area contributed by atoms with Gasteiger partial charge in [0.2, 0.25) is 11.8 Å². The topological polar surface area (TPSA) is 67.9 Å². The number of carbonyl (C=O) groups is 2. The Morgan fingerprint density at radius 2 is 1.89 bits per heavy atom. The third kappa shape index (κ3) is 4.44. The summed E-state index contributed by atoms with van der Waals surface area (Å²) in [7, 11) is 3.21. The molecule has 3 rings (SSSR count). The van der Waals surface area contributed by atoms with E-state index < -0.39 is 0 Å². The number of benzene rings is 2. The van der Waals surface area contributed by atoms with Crippen molar-refractivity contribution < 1.29 is 19.1 Å². The van der Waals surface area contributed by atoms with Crippen LogP contribution < -0.4 is 19.7 Å². The van der Waals surface area contributed by atoms with Crippen LogP contribution in [-0.2, 0) is 16.0 Å². The van der Waals surface area contributed by atoms with E-state index in [0.717, 1.165) is 29.8 Å². The highest BCUT2D eigenvalue weighted by Crippen LogP contribution is 2.29. The highest BCUT2D eigenvalue weighted by molar-refractivity contribution is 5.95. The second kappa shape index (κ2) is 8.78. The Morgan fingerprint density at radius 3 is 2.50 bits per heavy atom. The Bertz CT molecular complexity index is 848. The second-order valence-corrected chi connectivity index (χ2v) is 6.89. The summed E-state index contributed by atoms with van der Waals surface area (Å²) >= 11 is 0. The van der Waals surface area contributed by atoms with Crippen molar-refractivity contribution >= 4 is 17.5 Å². The molecule has 1 unspecified atom stereocenters. The number of rotatable bonds is 7. The fraction of sp³-hybridized carbons (Fsp3) is 0.364. The average molecular weight is 382 g/mol. The van der Waals surface area contributed by atoms with Crippen LogP contribution in [0.3, 0.4) is 0 Å². The van der Waals surface area contributed by atoms with E-state index in [2.05, 4.69) is 5.32 Å². The molecule has 1 saturated heterocycles. The fourth-order valence-corrected chi connectivity index (χ4v) is 3.45. The lowest BCUT2D eigenvalue weighted by Crippen LogP contribution is -2.28. The Hall–Kier alpha value is -3.02. The zero-order chi connectivity index (χ0) is 20.1. The largest absolute Gasteiger partial charge is 0.497 e. The maximum Gasteiger partial charge on any atom is 0.227 e. The van der Waals surface area contributed by atoms with Crippen LogP contribution in [0.1, 0.15) is 36.9 Å². The molecular formula is C22H26N2O4. The molecule has 28 heavy (non-hydrogen) atoms. The highest BCUT2D eigenvalue weighted by Gasteiger charge is 2.21. The SMILES string of the molecule is COc1ccc(OC)c(C(C)NC(=O)Cc2ccc(N3CCCC3=O)cc2)c1. The molecule has 0 bridgehead atoms. The number of nitrogens with zero attached hydrogens (tertiary/aromatic N) is 1. The van der Waals surface area contributed by atoms with Crippen LogP contribution >= 0.6 is 0 Å². The van der Waals surface area contributed by atoms with E-state index in [1.165, 1.54) is 0 Å². The lowest BCUT2D eigenvalue weighted by atomic mass is 10.1. The lowest BCUT2D eigenvalue weighted by Gasteiger charge is -2.19. The van der Waals surface area contributed by atoms with Crippen molar-refractivity contribution in [1.82, 2.24) is 5.32 Å². The molecule has 0 radical (unpaired) electrons. The molecule has 1 aliphatic heterocycles. The third-order valence-corrected chi connectivity index (χ3v) is 4.97. The first-order valence-electron chi connectivity index (χ1n) is 9.42. The van der Waals surface area contributed by atoms with Crippen LogP contribution in [0, 0.1) is 0 Å². The van der Waals surface area contributed by atoms with E-state index in [9.17, 15) is 9.59 Å². The first kappa shape index (κ1) is 19.7. The summed E-state index contributed by atoms with van der Waals surface area (Å²) in [6.45, 7) is 2.68. The molecule has 1 aliphatic rings. The van der Waals surface area contributed by atoms with Crippen molar-refractivity contribution in [3.63, 3.8) is 0 Å². The Labute approximate surface area is 165 Å². The van der Waals surface area contributed by atoms with Crippen LogP contribution in [0.5, 0.6) is 11.5 Å². The van der Waals surface area contributed by atoms with Crippen LogP contribution in [0.25, 0.3) is 0 Å². The number of carbonyl (C=O) groups excluding carboxylic acids is 2. The zero-order valence-corrected chi connectivity index (χ0v) is 16.5. The number of ether oxygens (including phenoxy) is 2. The van der Waals surface area contributed by atoms with Gasteiger partial charge in [-0.1, -0.05) is 12.1 Å². The van der Waals surface area contributed by atoms with Gasteiger partial charge in [0, 0.05) is 24.2 Å². The summed E-state index contributed by atoms with van der Waals surface area (Å²) in [4.78, 5) is 26.1. The van der Waals surface area contributed by atoms with Gasteiger partial charge in [0.15, 0.2) is 0 Å². The molecule has 6 heteroatoms. The molecule has 0 spiro atoms. The molecule has 2 aromatic rings. The van der Waals surface area contributed by atoms with Crippen LogP contribution in [0.4, 0.5) is 5.69 Å². The van der Waals surface area contributed by atoms with Crippen molar-refractivity contribution in [2.24, 2.45) is 0 Å². The number of anilines is 1. The van der Waals surface area contributed by atoms with Crippen LogP contribution in [0.15, 0.2) is 42.5 Å². The van der Waals surface area contributed by atoms with Crippen molar-refractivity contribution in [2.45, 2.75) is 32.2 Å². The number of hydrogen-bond donors (Lipinski definition) is 1. The first-order chi connectivity index (χ1) is 13.5. The number of hydrogen-bond acceptors (Lipinski definition) is 4. The van der Waals surface area contributed by atoms with Gasteiger partial charge in [0.05, 0.1) is 26.7 Å². The summed E-state index contributed by atoms with van der Waals surface area (Å²) < 4.78 is 10.7. The van der Waals surface area contributed by atoms with E-state index in [-0.39, 0.29) is 24.3 Å². The van der Waals surface area contributed by atoms with Gasteiger partial charge in [-0.05, 0) is 49.2 Å². The standard InChI is InChI=1S/C22H26N2O4/c1-15(19-14-18(27-2)10-11-20(19)28-3)23-21(25)13-16-6-8-17(9-7-16)24-12-4-5-22(24)26/h6-11,14-15H,4-5,12-13H2,1-3H3,(H,23,25). The number of nitrogens with one attached hydrogen (secondary N) is 1. The molecule has 6 nitrogen and oxygen atoms in total. The second-order valence-electron chi connectivity index (χ2n) is 6.89.